The van der Waals surface area contributed by atoms with Gasteiger partial charge in [-0.05, 0) is 61.9 Å². The van der Waals surface area contributed by atoms with E-state index >= 15 is 0 Å². The molecule has 2 N–H and O–H groups in total. The molecule has 7 rings (SSSR count). The number of nitrogens with one attached hydrogen (secondary N) is 2. The lowest BCUT2D eigenvalue weighted by Crippen LogP contribution is -2.36. The third-order valence-electron chi connectivity index (χ3n) is 8.12. The van der Waals surface area contributed by atoms with Gasteiger partial charge >= 0.3 is 0 Å². The van der Waals surface area contributed by atoms with Gasteiger partial charge in [0, 0.05) is 53.5 Å². The Bertz CT molecular complexity index is 1940. The summed E-state index contributed by atoms with van der Waals surface area (Å²) in [5, 5.41) is 8.49. The van der Waals surface area contributed by atoms with E-state index in [1.54, 1.807) is 17.5 Å². The Balaban J connectivity index is 1.16. The van der Waals surface area contributed by atoms with E-state index in [1.807, 2.05) is 103 Å². The second-order valence-corrected chi connectivity index (χ2v) is 12.3. The van der Waals surface area contributed by atoms with Gasteiger partial charge in [0.25, 0.3) is 0 Å². The molecule has 1 amide bonds. The van der Waals surface area contributed by atoms with Crippen molar-refractivity contribution in [3.05, 3.63) is 108 Å². The van der Waals surface area contributed by atoms with E-state index in [4.69, 9.17) is 14.7 Å². The molecule has 226 valence electrons. The third-order valence-corrected chi connectivity index (χ3v) is 8.87. The number of hydrogen-bond acceptors (Lipinski definition) is 8. The quantitative estimate of drug-likeness (QED) is 0.190. The molecular weight excluding hydrogens is 582 g/mol. The molecule has 0 radical (unpaired) electrons. The number of carbonyl (C=O) groups is 1. The molecule has 10 heteroatoms. The lowest BCUT2D eigenvalue weighted by atomic mass is 9.83. The number of morpholine rings is 1. The van der Waals surface area contributed by atoms with Crippen molar-refractivity contribution in [3.8, 4) is 22.6 Å². The maximum atomic E-state index is 13.4. The summed E-state index contributed by atoms with van der Waals surface area (Å²) in [6, 6.07) is 27.8. The fraction of sp³-hybridized carbons (Fsp3) is 0.200. The maximum Gasteiger partial charge on any atom is 0.234 e. The largest absolute Gasteiger partial charge is 0.378 e. The fourth-order valence-corrected chi connectivity index (χ4v) is 6.22. The van der Waals surface area contributed by atoms with Crippen LogP contribution in [0.4, 0.5) is 23.0 Å². The van der Waals surface area contributed by atoms with Gasteiger partial charge in [-0.25, -0.2) is 15.0 Å². The van der Waals surface area contributed by atoms with Crippen LogP contribution in [0.15, 0.2) is 103 Å². The van der Waals surface area contributed by atoms with Crippen LogP contribution < -0.4 is 15.5 Å². The first kappa shape index (κ1) is 28.7. The second kappa shape index (κ2) is 12.1. The summed E-state index contributed by atoms with van der Waals surface area (Å²) in [5.41, 5.74) is 6.27. The lowest BCUT2D eigenvalue weighted by molar-refractivity contribution is -0.120. The molecular formula is C35H33N7O2S. The van der Waals surface area contributed by atoms with Gasteiger partial charge in [0.05, 0.1) is 30.0 Å². The van der Waals surface area contributed by atoms with Crippen molar-refractivity contribution in [2.75, 3.05) is 41.8 Å². The van der Waals surface area contributed by atoms with E-state index in [9.17, 15) is 4.79 Å². The topological polar surface area (TPSA) is 96.7 Å². The predicted molar refractivity (Wildman–Crippen MR) is 180 cm³/mol. The molecule has 0 atom stereocenters. The molecule has 6 aromatic rings. The number of imidazole rings is 1. The monoisotopic (exact) mass is 615 g/mol. The van der Waals surface area contributed by atoms with E-state index in [2.05, 4.69) is 32.7 Å². The third kappa shape index (κ3) is 5.90. The molecule has 45 heavy (non-hydrogen) atoms. The molecule has 9 nitrogen and oxygen atoms in total. The highest BCUT2D eigenvalue weighted by molar-refractivity contribution is 7.15. The van der Waals surface area contributed by atoms with Crippen molar-refractivity contribution >= 4 is 45.2 Å². The van der Waals surface area contributed by atoms with Crippen molar-refractivity contribution in [1.82, 2.24) is 19.4 Å². The van der Waals surface area contributed by atoms with Gasteiger partial charge in [-0.1, -0.05) is 42.5 Å². The Morgan fingerprint density at radius 3 is 2.51 bits per heavy atom. The van der Waals surface area contributed by atoms with E-state index in [0.717, 1.165) is 65.2 Å². The van der Waals surface area contributed by atoms with E-state index < -0.39 is 5.41 Å². The number of amides is 1. The van der Waals surface area contributed by atoms with Crippen LogP contribution in [0.5, 0.6) is 0 Å². The lowest BCUT2D eigenvalue weighted by Gasteiger charge is -2.28. The van der Waals surface area contributed by atoms with Crippen LogP contribution >= 0.6 is 11.3 Å². The fourth-order valence-electron chi connectivity index (χ4n) is 5.51. The molecule has 3 aromatic carbocycles. The number of fused-ring (bicyclic) bond motifs is 1. The van der Waals surface area contributed by atoms with Crippen molar-refractivity contribution in [3.63, 3.8) is 0 Å². The second-order valence-electron chi connectivity index (χ2n) is 11.4. The molecule has 3 aromatic heterocycles. The Hall–Kier alpha value is -5.06. The van der Waals surface area contributed by atoms with Gasteiger partial charge in [0.1, 0.15) is 5.69 Å². The van der Waals surface area contributed by atoms with Crippen molar-refractivity contribution < 1.29 is 9.53 Å². The molecule has 1 saturated heterocycles. The molecule has 0 saturated carbocycles. The average molecular weight is 616 g/mol. The van der Waals surface area contributed by atoms with E-state index in [0.29, 0.717) is 11.6 Å². The standard InChI is InChI=1S/C35H33N7O2S/c1-35(2,25-8-4-3-5-9-25)32(43)37-27-10-6-7-24(23-27)30-31(42-19-22-45-34(42)40-30)29-15-16-36-33(39-29)38-26-11-13-28(14-12-26)41-17-20-44-21-18-41/h3-16,19,22-23H,17-18,20-21H2,1-2H3,(H,37,43)(H,36,38,39). The summed E-state index contributed by atoms with van der Waals surface area (Å²) >= 11 is 1.56. The Labute approximate surface area is 265 Å². The number of rotatable bonds is 8. The van der Waals surface area contributed by atoms with Crippen LogP contribution in [0.3, 0.4) is 0 Å². The smallest absolute Gasteiger partial charge is 0.234 e. The van der Waals surface area contributed by atoms with Gasteiger partial charge in [-0.15, -0.1) is 11.3 Å². The van der Waals surface area contributed by atoms with Crippen molar-refractivity contribution in [2.45, 2.75) is 19.3 Å². The summed E-state index contributed by atoms with van der Waals surface area (Å²) in [5.74, 6) is 0.410. The summed E-state index contributed by atoms with van der Waals surface area (Å²) in [6.45, 7) is 7.15. The van der Waals surface area contributed by atoms with Crippen LogP contribution in [0.25, 0.3) is 27.6 Å². The molecule has 1 aliphatic rings. The Morgan fingerprint density at radius 2 is 1.71 bits per heavy atom. The molecule has 1 aliphatic heterocycles. The van der Waals surface area contributed by atoms with E-state index in [-0.39, 0.29) is 5.91 Å². The minimum absolute atomic E-state index is 0.0820. The van der Waals surface area contributed by atoms with Crippen LogP contribution in [-0.2, 0) is 14.9 Å². The number of thiazole rings is 1. The first-order valence-electron chi connectivity index (χ1n) is 14.9. The molecule has 4 heterocycles. The van der Waals surface area contributed by atoms with Crippen molar-refractivity contribution in [2.24, 2.45) is 0 Å². The summed E-state index contributed by atoms with van der Waals surface area (Å²) in [7, 11) is 0. The molecule has 0 spiro atoms. The zero-order valence-electron chi connectivity index (χ0n) is 25.1. The SMILES string of the molecule is CC(C)(C(=O)Nc1cccc(-c2nc3sccn3c2-c2ccnc(Nc3ccc(N4CCOCC4)cc3)n2)c1)c1ccccc1. The Morgan fingerprint density at radius 1 is 0.911 bits per heavy atom. The number of carbonyl (C=O) groups excluding carboxylic acids is 1. The van der Waals surface area contributed by atoms with Gasteiger partial charge in [0.2, 0.25) is 11.9 Å². The number of aromatic nitrogens is 4. The molecule has 0 bridgehead atoms. The number of nitrogens with zero attached hydrogens (tertiary/aromatic N) is 5. The number of benzene rings is 3. The van der Waals surface area contributed by atoms with Crippen molar-refractivity contribution in [1.29, 1.82) is 0 Å². The number of hydrogen-bond donors (Lipinski definition) is 2. The highest BCUT2D eigenvalue weighted by Crippen LogP contribution is 2.35. The average Bonchev–Trinajstić information content (AvgIpc) is 3.68. The zero-order valence-corrected chi connectivity index (χ0v) is 25.9. The van der Waals surface area contributed by atoms with Gasteiger partial charge in [-0.2, -0.15) is 0 Å². The minimum atomic E-state index is -0.702. The molecule has 0 aliphatic carbocycles. The van der Waals surface area contributed by atoms with Crippen LogP contribution in [-0.4, -0.2) is 51.6 Å². The maximum absolute atomic E-state index is 13.4. The highest BCUT2D eigenvalue weighted by atomic mass is 32.1. The highest BCUT2D eigenvalue weighted by Gasteiger charge is 2.30. The summed E-state index contributed by atoms with van der Waals surface area (Å²) in [6.07, 6.45) is 3.75. The van der Waals surface area contributed by atoms with Gasteiger partial charge < -0.3 is 20.3 Å². The van der Waals surface area contributed by atoms with Gasteiger partial charge in [0.15, 0.2) is 4.96 Å². The molecule has 1 fully saturated rings. The minimum Gasteiger partial charge on any atom is -0.378 e. The van der Waals surface area contributed by atoms with Crippen LogP contribution in [0.1, 0.15) is 19.4 Å². The first-order valence-corrected chi connectivity index (χ1v) is 15.8. The number of ether oxygens (including phenoxy) is 1. The summed E-state index contributed by atoms with van der Waals surface area (Å²) in [4.78, 5) is 30.9. The first-order chi connectivity index (χ1) is 22.0. The number of anilines is 4. The van der Waals surface area contributed by atoms with Crippen LogP contribution in [0.2, 0.25) is 0 Å². The van der Waals surface area contributed by atoms with Crippen LogP contribution in [0, 0.1) is 0 Å². The van der Waals surface area contributed by atoms with Gasteiger partial charge in [-0.3, -0.25) is 9.20 Å². The predicted octanol–water partition coefficient (Wildman–Crippen LogP) is 7.02. The summed E-state index contributed by atoms with van der Waals surface area (Å²) < 4.78 is 7.53. The molecule has 0 unspecified atom stereocenters. The zero-order chi connectivity index (χ0) is 30.8. The van der Waals surface area contributed by atoms with E-state index in [1.165, 1.54) is 5.69 Å². The Kier molecular flexibility index (Phi) is 7.74. The normalized spacial score (nSPS) is 13.6.